The molecule has 0 spiro atoms. The quantitative estimate of drug-likeness (QED) is 0.593. The molecule has 0 aliphatic heterocycles. The van der Waals surface area contributed by atoms with E-state index in [2.05, 4.69) is 19.3 Å². The van der Waals surface area contributed by atoms with E-state index in [9.17, 15) is 8.78 Å². The van der Waals surface area contributed by atoms with Crippen molar-refractivity contribution in [1.82, 2.24) is 5.43 Å². The molecule has 0 bridgehead atoms. The number of hydrazine groups is 1. The molecule has 1 rings (SSSR count). The smallest absolute Gasteiger partial charge is 0.163 e. The first kappa shape index (κ1) is 14.1. The number of halogens is 2. The van der Waals surface area contributed by atoms with Crippen LogP contribution in [0.2, 0.25) is 0 Å². The van der Waals surface area contributed by atoms with E-state index in [1.54, 1.807) is 6.07 Å². The van der Waals surface area contributed by atoms with Crippen molar-refractivity contribution in [1.29, 1.82) is 0 Å². The number of hydrogen-bond donors (Lipinski definition) is 2. The minimum Gasteiger partial charge on any atom is -0.271 e. The third-order valence-electron chi connectivity index (χ3n) is 3.28. The molecular weight excluding hydrogens is 222 g/mol. The monoisotopic (exact) mass is 242 g/mol. The molecule has 17 heavy (non-hydrogen) atoms. The van der Waals surface area contributed by atoms with E-state index >= 15 is 0 Å². The maximum atomic E-state index is 13.6. The summed E-state index contributed by atoms with van der Waals surface area (Å²) in [5.41, 5.74) is 2.88. The zero-order valence-electron chi connectivity index (χ0n) is 10.3. The SMILES string of the molecule is CCC(CC)CC(NN)c1cccc(F)c1F. The lowest BCUT2D eigenvalue weighted by atomic mass is 9.91. The van der Waals surface area contributed by atoms with Gasteiger partial charge < -0.3 is 0 Å². The van der Waals surface area contributed by atoms with E-state index in [-0.39, 0.29) is 6.04 Å². The van der Waals surface area contributed by atoms with Gasteiger partial charge in [0.05, 0.1) is 0 Å². The molecule has 4 heteroatoms. The molecule has 0 radical (unpaired) electrons. The summed E-state index contributed by atoms with van der Waals surface area (Å²) < 4.78 is 26.8. The van der Waals surface area contributed by atoms with E-state index in [1.807, 2.05) is 0 Å². The van der Waals surface area contributed by atoms with Crippen LogP contribution in [0.15, 0.2) is 18.2 Å². The molecule has 3 N–H and O–H groups in total. The van der Waals surface area contributed by atoms with Gasteiger partial charge in [0, 0.05) is 11.6 Å². The van der Waals surface area contributed by atoms with Crippen LogP contribution in [0.3, 0.4) is 0 Å². The maximum absolute atomic E-state index is 13.6. The maximum Gasteiger partial charge on any atom is 0.163 e. The van der Waals surface area contributed by atoms with Crippen LogP contribution in [0.5, 0.6) is 0 Å². The zero-order valence-corrected chi connectivity index (χ0v) is 10.3. The number of hydrogen-bond acceptors (Lipinski definition) is 2. The second-order valence-electron chi connectivity index (χ2n) is 4.28. The van der Waals surface area contributed by atoms with Crippen LogP contribution in [0.25, 0.3) is 0 Å². The fraction of sp³-hybridized carbons (Fsp3) is 0.538. The lowest BCUT2D eigenvalue weighted by molar-refractivity contribution is 0.363. The Hall–Kier alpha value is -1.00. The molecule has 1 atom stereocenters. The third-order valence-corrected chi connectivity index (χ3v) is 3.28. The van der Waals surface area contributed by atoms with Gasteiger partial charge >= 0.3 is 0 Å². The summed E-state index contributed by atoms with van der Waals surface area (Å²) in [6.07, 6.45) is 2.72. The summed E-state index contributed by atoms with van der Waals surface area (Å²) in [6.45, 7) is 4.17. The highest BCUT2D eigenvalue weighted by Gasteiger charge is 2.19. The first-order valence-electron chi connectivity index (χ1n) is 6.04. The molecule has 0 aromatic heterocycles. The molecule has 0 aliphatic rings. The van der Waals surface area contributed by atoms with Crippen molar-refractivity contribution in [3.63, 3.8) is 0 Å². The van der Waals surface area contributed by atoms with Crippen LogP contribution in [-0.4, -0.2) is 0 Å². The molecule has 0 saturated carbocycles. The lowest BCUT2D eigenvalue weighted by Crippen LogP contribution is -2.30. The largest absolute Gasteiger partial charge is 0.271 e. The van der Waals surface area contributed by atoms with Crippen molar-refractivity contribution in [3.05, 3.63) is 35.4 Å². The van der Waals surface area contributed by atoms with E-state index in [1.165, 1.54) is 6.07 Å². The van der Waals surface area contributed by atoms with Gasteiger partial charge in [-0.2, -0.15) is 0 Å². The third kappa shape index (κ3) is 3.48. The molecule has 0 saturated heterocycles. The van der Waals surface area contributed by atoms with E-state index < -0.39 is 11.6 Å². The Bertz CT molecular complexity index is 351. The Labute approximate surface area is 101 Å². The molecule has 0 amide bonds. The predicted octanol–water partition coefficient (Wildman–Crippen LogP) is 3.30. The topological polar surface area (TPSA) is 38.0 Å². The number of nitrogens with one attached hydrogen (secondary N) is 1. The minimum atomic E-state index is -0.827. The van der Waals surface area contributed by atoms with Crippen molar-refractivity contribution in [2.45, 2.75) is 39.2 Å². The second kappa shape index (κ2) is 6.67. The fourth-order valence-electron chi connectivity index (χ4n) is 2.03. The standard InChI is InChI=1S/C13H20F2N2/c1-3-9(4-2)8-12(17-16)10-6-5-7-11(14)13(10)15/h5-7,9,12,17H,3-4,8,16H2,1-2H3. The van der Waals surface area contributed by atoms with E-state index in [4.69, 9.17) is 5.84 Å². The molecule has 2 nitrogen and oxygen atoms in total. The van der Waals surface area contributed by atoms with Crippen LogP contribution in [0.1, 0.15) is 44.7 Å². The summed E-state index contributed by atoms with van der Waals surface area (Å²) in [6, 6.07) is 3.86. The second-order valence-corrected chi connectivity index (χ2v) is 4.28. The van der Waals surface area contributed by atoms with Gasteiger partial charge in [-0.25, -0.2) is 8.78 Å². The van der Waals surface area contributed by atoms with Gasteiger partial charge in [0.25, 0.3) is 0 Å². The molecule has 1 aromatic carbocycles. The first-order chi connectivity index (χ1) is 8.13. The molecule has 1 aromatic rings. The Morgan fingerprint density at radius 1 is 1.24 bits per heavy atom. The highest BCUT2D eigenvalue weighted by Crippen LogP contribution is 2.27. The minimum absolute atomic E-state index is 0.305. The molecule has 1 unspecified atom stereocenters. The summed E-state index contributed by atoms with van der Waals surface area (Å²) >= 11 is 0. The average Bonchev–Trinajstić information content (AvgIpc) is 2.35. The number of rotatable bonds is 6. The zero-order chi connectivity index (χ0) is 12.8. The van der Waals surface area contributed by atoms with Gasteiger partial charge in [-0.1, -0.05) is 38.8 Å². The normalized spacial score (nSPS) is 13.1. The fourth-order valence-corrected chi connectivity index (χ4v) is 2.03. The highest BCUT2D eigenvalue weighted by molar-refractivity contribution is 5.22. The Morgan fingerprint density at radius 2 is 1.88 bits per heavy atom. The average molecular weight is 242 g/mol. The molecule has 0 aliphatic carbocycles. The van der Waals surface area contributed by atoms with Crippen molar-refractivity contribution in [3.8, 4) is 0 Å². The number of nitrogens with two attached hydrogens (primary N) is 1. The molecule has 0 fully saturated rings. The molecule has 0 heterocycles. The van der Waals surface area contributed by atoms with E-state index in [0.29, 0.717) is 17.9 Å². The van der Waals surface area contributed by atoms with Crippen molar-refractivity contribution >= 4 is 0 Å². The summed E-state index contributed by atoms with van der Waals surface area (Å²) in [5.74, 6) is 4.27. The summed E-state index contributed by atoms with van der Waals surface area (Å²) in [5, 5.41) is 0. The van der Waals surface area contributed by atoms with Gasteiger partial charge in [0.2, 0.25) is 0 Å². The Morgan fingerprint density at radius 3 is 2.41 bits per heavy atom. The number of benzene rings is 1. The molecule has 96 valence electrons. The predicted molar refractivity (Wildman–Crippen MR) is 65.1 cm³/mol. The highest BCUT2D eigenvalue weighted by atomic mass is 19.2. The van der Waals surface area contributed by atoms with Gasteiger partial charge in [0.15, 0.2) is 11.6 Å². The van der Waals surface area contributed by atoms with Crippen LogP contribution >= 0.6 is 0 Å². The van der Waals surface area contributed by atoms with Crippen LogP contribution in [-0.2, 0) is 0 Å². The van der Waals surface area contributed by atoms with Crippen LogP contribution in [0.4, 0.5) is 8.78 Å². The van der Waals surface area contributed by atoms with Gasteiger partial charge in [-0.15, -0.1) is 0 Å². The lowest BCUT2D eigenvalue weighted by Gasteiger charge is -2.22. The first-order valence-corrected chi connectivity index (χ1v) is 6.04. The Balaban J connectivity index is 2.89. The molecular formula is C13H20F2N2. The van der Waals surface area contributed by atoms with Gasteiger partial charge in [-0.05, 0) is 18.4 Å². The van der Waals surface area contributed by atoms with Crippen molar-refractivity contribution < 1.29 is 8.78 Å². The summed E-state index contributed by atoms with van der Waals surface area (Å²) in [4.78, 5) is 0. The van der Waals surface area contributed by atoms with Crippen LogP contribution in [0, 0.1) is 17.6 Å². The van der Waals surface area contributed by atoms with E-state index in [0.717, 1.165) is 18.9 Å². The summed E-state index contributed by atoms with van der Waals surface area (Å²) in [7, 11) is 0. The van der Waals surface area contributed by atoms with Crippen molar-refractivity contribution in [2.24, 2.45) is 11.8 Å². The van der Waals surface area contributed by atoms with Crippen LogP contribution < -0.4 is 11.3 Å². The van der Waals surface area contributed by atoms with Crippen molar-refractivity contribution in [2.75, 3.05) is 0 Å². The van der Waals surface area contributed by atoms with Gasteiger partial charge in [0.1, 0.15) is 0 Å². The van der Waals surface area contributed by atoms with Gasteiger partial charge in [-0.3, -0.25) is 11.3 Å². The Kier molecular flexibility index (Phi) is 5.51.